The lowest BCUT2D eigenvalue weighted by Gasteiger charge is -2.34. The molecule has 0 unspecified atom stereocenters. The topological polar surface area (TPSA) is 71.9 Å². The summed E-state index contributed by atoms with van der Waals surface area (Å²) in [5, 5.41) is 0.782. The Kier molecular flexibility index (Phi) is 5.94. The van der Waals surface area contributed by atoms with Gasteiger partial charge in [0, 0.05) is 37.6 Å². The zero-order valence-electron chi connectivity index (χ0n) is 16.1. The first-order valence-corrected chi connectivity index (χ1v) is 10.1. The van der Waals surface area contributed by atoms with Crippen LogP contribution in [0.1, 0.15) is 31.4 Å². The molecule has 2 aromatic rings. The molecule has 0 atom stereocenters. The van der Waals surface area contributed by atoms with Gasteiger partial charge in [-0.15, -0.1) is 0 Å². The number of rotatable bonds is 5. The highest BCUT2D eigenvalue weighted by molar-refractivity contribution is 5.78. The Morgan fingerprint density at radius 1 is 1.14 bits per heavy atom. The van der Waals surface area contributed by atoms with E-state index in [1.165, 1.54) is 12.1 Å². The second-order valence-corrected chi connectivity index (χ2v) is 7.90. The van der Waals surface area contributed by atoms with Crippen LogP contribution >= 0.6 is 0 Å². The largest absolute Gasteiger partial charge is 0.460 e. The summed E-state index contributed by atoms with van der Waals surface area (Å²) in [5.74, 6) is 0.623. The standard InChI is InChI=1S/C21H28FN3O3/c22-16-1-6-20-15(11-16)12-19(28-20)13-24-7-9-25(10-8-24)21(26)14-27-18-4-2-17(23)3-5-18/h1,6,11-12,17-18H,2-5,7-10,13-14,23H2/t17-,18-. The third kappa shape index (κ3) is 4.71. The first-order chi connectivity index (χ1) is 13.6. The van der Waals surface area contributed by atoms with Crippen LogP contribution in [0.4, 0.5) is 4.39 Å². The molecule has 1 aliphatic carbocycles. The van der Waals surface area contributed by atoms with Crippen LogP contribution in [0, 0.1) is 5.82 Å². The number of amides is 1. The van der Waals surface area contributed by atoms with Gasteiger partial charge in [0.05, 0.1) is 12.6 Å². The molecule has 1 aromatic carbocycles. The Labute approximate surface area is 164 Å². The van der Waals surface area contributed by atoms with Gasteiger partial charge < -0.3 is 19.8 Å². The van der Waals surface area contributed by atoms with E-state index in [-0.39, 0.29) is 30.5 Å². The second kappa shape index (κ2) is 8.59. The monoisotopic (exact) mass is 389 g/mol. The Balaban J connectivity index is 1.22. The molecule has 6 nitrogen and oxygen atoms in total. The van der Waals surface area contributed by atoms with Crippen LogP contribution in [0.25, 0.3) is 11.0 Å². The number of nitrogens with two attached hydrogens (primary N) is 1. The maximum absolute atomic E-state index is 13.3. The zero-order valence-corrected chi connectivity index (χ0v) is 16.1. The molecule has 28 heavy (non-hydrogen) atoms. The third-order valence-electron chi connectivity index (χ3n) is 5.80. The molecule has 0 bridgehead atoms. The normalized spacial score (nSPS) is 24.0. The molecule has 7 heteroatoms. The van der Waals surface area contributed by atoms with Gasteiger partial charge in [0.25, 0.3) is 0 Å². The fourth-order valence-corrected chi connectivity index (χ4v) is 4.06. The number of ether oxygens (including phenoxy) is 1. The summed E-state index contributed by atoms with van der Waals surface area (Å²) in [4.78, 5) is 16.5. The minimum atomic E-state index is -0.259. The minimum absolute atomic E-state index is 0.0636. The van der Waals surface area contributed by atoms with E-state index in [1.54, 1.807) is 6.07 Å². The predicted molar refractivity (Wildman–Crippen MR) is 104 cm³/mol. The molecule has 1 aliphatic heterocycles. The van der Waals surface area contributed by atoms with E-state index in [0.29, 0.717) is 25.2 Å². The van der Waals surface area contributed by atoms with Gasteiger partial charge in [0.1, 0.15) is 23.8 Å². The van der Waals surface area contributed by atoms with Gasteiger partial charge in [-0.05, 0) is 49.9 Å². The number of halogens is 1. The number of furan rings is 1. The molecule has 0 radical (unpaired) electrons. The van der Waals surface area contributed by atoms with Gasteiger partial charge in [0.2, 0.25) is 5.91 Å². The van der Waals surface area contributed by atoms with E-state index >= 15 is 0 Å². The van der Waals surface area contributed by atoms with Crippen molar-refractivity contribution in [3.63, 3.8) is 0 Å². The summed E-state index contributed by atoms with van der Waals surface area (Å²) in [6, 6.07) is 6.72. The molecule has 1 aromatic heterocycles. The first kappa shape index (κ1) is 19.4. The summed E-state index contributed by atoms with van der Waals surface area (Å²) in [7, 11) is 0. The summed E-state index contributed by atoms with van der Waals surface area (Å²) < 4.78 is 24.9. The van der Waals surface area contributed by atoms with E-state index < -0.39 is 0 Å². The molecular formula is C21H28FN3O3. The number of nitrogens with zero attached hydrogens (tertiary/aromatic N) is 2. The highest BCUT2D eigenvalue weighted by atomic mass is 19.1. The number of benzene rings is 1. The average molecular weight is 389 g/mol. The highest BCUT2D eigenvalue weighted by Gasteiger charge is 2.24. The molecule has 2 N–H and O–H groups in total. The average Bonchev–Trinajstić information content (AvgIpc) is 3.09. The Hall–Kier alpha value is -1.96. The number of carbonyl (C=O) groups excluding carboxylic acids is 1. The maximum Gasteiger partial charge on any atom is 0.248 e. The van der Waals surface area contributed by atoms with E-state index in [2.05, 4.69) is 4.90 Å². The quantitative estimate of drug-likeness (QED) is 0.851. The van der Waals surface area contributed by atoms with Crippen molar-refractivity contribution < 1.29 is 18.3 Å². The van der Waals surface area contributed by atoms with Crippen molar-refractivity contribution in [3.05, 3.63) is 35.8 Å². The van der Waals surface area contributed by atoms with E-state index in [1.807, 2.05) is 11.0 Å². The molecule has 1 amide bonds. The molecular weight excluding hydrogens is 361 g/mol. The van der Waals surface area contributed by atoms with Crippen LogP contribution in [-0.4, -0.2) is 60.6 Å². The summed E-state index contributed by atoms with van der Waals surface area (Å²) in [6.45, 7) is 3.77. The smallest absolute Gasteiger partial charge is 0.248 e. The molecule has 1 saturated carbocycles. The predicted octanol–water partition coefficient (Wildman–Crippen LogP) is 2.50. The maximum atomic E-state index is 13.3. The van der Waals surface area contributed by atoms with Crippen molar-refractivity contribution in [3.8, 4) is 0 Å². The number of fused-ring (bicyclic) bond motifs is 1. The van der Waals surface area contributed by atoms with Crippen LogP contribution in [-0.2, 0) is 16.1 Å². The van der Waals surface area contributed by atoms with Crippen molar-refractivity contribution >= 4 is 16.9 Å². The van der Waals surface area contributed by atoms with Crippen LogP contribution < -0.4 is 5.73 Å². The van der Waals surface area contributed by atoms with E-state index in [0.717, 1.165) is 49.9 Å². The number of hydrogen-bond acceptors (Lipinski definition) is 5. The third-order valence-corrected chi connectivity index (χ3v) is 5.80. The lowest BCUT2D eigenvalue weighted by Crippen LogP contribution is -2.49. The molecule has 4 rings (SSSR count). The summed E-state index contributed by atoms with van der Waals surface area (Å²) in [6.07, 6.45) is 4.02. The number of hydrogen-bond donors (Lipinski definition) is 1. The SMILES string of the molecule is N[C@H]1CC[C@H](OCC(=O)N2CCN(Cc3cc4cc(F)ccc4o3)CC2)CC1. The van der Waals surface area contributed by atoms with Crippen molar-refractivity contribution in [2.75, 3.05) is 32.8 Å². The van der Waals surface area contributed by atoms with Crippen molar-refractivity contribution in [2.45, 2.75) is 44.4 Å². The lowest BCUT2D eigenvalue weighted by atomic mass is 9.94. The minimum Gasteiger partial charge on any atom is -0.460 e. The molecule has 1 saturated heterocycles. The molecule has 2 aliphatic rings. The van der Waals surface area contributed by atoms with Crippen LogP contribution in [0.5, 0.6) is 0 Å². The van der Waals surface area contributed by atoms with E-state index in [9.17, 15) is 9.18 Å². The van der Waals surface area contributed by atoms with Gasteiger partial charge in [0.15, 0.2) is 0 Å². The fourth-order valence-electron chi connectivity index (χ4n) is 4.06. The number of carbonyl (C=O) groups is 1. The van der Waals surface area contributed by atoms with Gasteiger partial charge in [-0.3, -0.25) is 9.69 Å². The first-order valence-electron chi connectivity index (χ1n) is 10.1. The van der Waals surface area contributed by atoms with Crippen LogP contribution in [0.3, 0.4) is 0 Å². The second-order valence-electron chi connectivity index (χ2n) is 7.90. The van der Waals surface area contributed by atoms with E-state index in [4.69, 9.17) is 14.9 Å². The molecule has 2 fully saturated rings. The molecule has 2 heterocycles. The van der Waals surface area contributed by atoms with Gasteiger partial charge in [-0.2, -0.15) is 0 Å². The van der Waals surface area contributed by atoms with Crippen LogP contribution in [0.15, 0.2) is 28.7 Å². The van der Waals surface area contributed by atoms with Gasteiger partial charge in [-0.25, -0.2) is 4.39 Å². The van der Waals surface area contributed by atoms with Gasteiger partial charge in [-0.1, -0.05) is 0 Å². The summed E-state index contributed by atoms with van der Waals surface area (Å²) >= 11 is 0. The van der Waals surface area contributed by atoms with Crippen molar-refractivity contribution in [1.29, 1.82) is 0 Å². The fraction of sp³-hybridized carbons (Fsp3) is 0.571. The summed E-state index contributed by atoms with van der Waals surface area (Å²) in [5.41, 5.74) is 6.61. The lowest BCUT2D eigenvalue weighted by molar-refractivity contribution is -0.140. The van der Waals surface area contributed by atoms with Crippen molar-refractivity contribution in [2.24, 2.45) is 5.73 Å². The Morgan fingerprint density at radius 3 is 2.64 bits per heavy atom. The zero-order chi connectivity index (χ0) is 19.5. The number of piperazine rings is 1. The van der Waals surface area contributed by atoms with Gasteiger partial charge >= 0.3 is 0 Å². The highest BCUT2D eigenvalue weighted by Crippen LogP contribution is 2.22. The Bertz CT molecular complexity index is 808. The molecule has 0 spiro atoms. The van der Waals surface area contributed by atoms with Crippen LogP contribution in [0.2, 0.25) is 0 Å². The van der Waals surface area contributed by atoms with Crippen molar-refractivity contribution in [1.82, 2.24) is 9.80 Å². The Morgan fingerprint density at radius 2 is 1.89 bits per heavy atom. The molecule has 152 valence electrons.